The molecule has 1 aliphatic rings. The molecule has 0 spiro atoms. The maximum atomic E-state index is 13.2. The number of hydrogen-bond acceptors (Lipinski definition) is 5. The standard InChI is InChI=1S/C20H17BrN2O4/c1-12(25)23(14-6-4-5-13(21)11-14)18-17(22-9-10-24)19(26)15-7-2-3-8-16(15)20(18)27/h2-8,11,18,24H,9-10H2,1H3. The van der Waals surface area contributed by atoms with Gasteiger partial charge in [-0.3, -0.25) is 24.3 Å². The molecule has 0 fully saturated rings. The number of amides is 1. The number of aliphatic hydroxyl groups is 1. The summed E-state index contributed by atoms with van der Waals surface area (Å²) in [6.07, 6.45) is 0. The molecule has 0 bridgehead atoms. The Hall–Kier alpha value is -2.64. The third-order valence-corrected chi connectivity index (χ3v) is 4.74. The first-order valence-corrected chi connectivity index (χ1v) is 9.13. The Balaban J connectivity index is 2.21. The number of anilines is 1. The minimum absolute atomic E-state index is 0.0305. The molecule has 3 rings (SSSR count). The highest BCUT2D eigenvalue weighted by atomic mass is 79.9. The molecule has 138 valence electrons. The van der Waals surface area contributed by atoms with Gasteiger partial charge in [0.15, 0.2) is 5.78 Å². The summed E-state index contributed by atoms with van der Waals surface area (Å²) in [5.74, 6) is -1.18. The normalized spacial score (nSPS) is 17.7. The third kappa shape index (κ3) is 3.61. The number of halogens is 1. The molecule has 1 atom stereocenters. The van der Waals surface area contributed by atoms with Crippen LogP contribution in [0.15, 0.2) is 58.0 Å². The first-order valence-electron chi connectivity index (χ1n) is 8.34. The zero-order chi connectivity index (χ0) is 19.6. The van der Waals surface area contributed by atoms with E-state index in [-0.39, 0.29) is 35.8 Å². The smallest absolute Gasteiger partial charge is 0.224 e. The third-order valence-electron chi connectivity index (χ3n) is 4.24. The van der Waals surface area contributed by atoms with Gasteiger partial charge in [0.25, 0.3) is 0 Å². The number of benzene rings is 2. The van der Waals surface area contributed by atoms with Gasteiger partial charge in [0.2, 0.25) is 11.7 Å². The van der Waals surface area contributed by atoms with Gasteiger partial charge < -0.3 is 5.11 Å². The zero-order valence-corrected chi connectivity index (χ0v) is 16.1. The molecule has 1 unspecified atom stereocenters. The summed E-state index contributed by atoms with van der Waals surface area (Å²) in [4.78, 5) is 44.1. The van der Waals surface area contributed by atoms with Gasteiger partial charge in [0.05, 0.1) is 13.2 Å². The summed E-state index contributed by atoms with van der Waals surface area (Å²) < 4.78 is 0.732. The van der Waals surface area contributed by atoms with E-state index in [1.807, 2.05) is 0 Å². The van der Waals surface area contributed by atoms with Crippen molar-refractivity contribution in [2.45, 2.75) is 13.0 Å². The zero-order valence-electron chi connectivity index (χ0n) is 14.6. The van der Waals surface area contributed by atoms with Gasteiger partial charge in [-0.15, -0.1) is 0 Å². The Labute approximate surface area is 164 Å². The molecule has 0 heterocycles. The molecule has 1 aliphatic carbocycles. The van der Waals surface area contributed by atoms with E-state index in [1.54, 1.807) is 48.5 Å². The van der Waals surface area contributed by atoms with Crippen LogP contribution in [-0.2, 0) is 4.79 Å². The van der Waals surface area contributed by atoms with Crippen LogP contribution in [0.4, 0.5) is 5.69 Å². The summed E-state index contributed by atoms with van der Waals surface area (Å²) in [6.45, 7) is 1.04. The van der Waals surface area contributed by atoms with Crippen molar-refractivity contribution in [2.24, 2.45) is 4.99 Å². The molecule has 1 N–H and O–H groups in total. The lowest BCUT2D eigenvalue weighted by molar-refractivity contribution is -0.116. The minimum Gasteiger partial charge on any atom is -0.394 e. The second-order valence-corrected chi connectivity index (χ2v) is 6.92. The van der Waals surface area contributed by atoms with Crippen molar-refractivity contribution in [1.82, 2.24) is 0 Å². The lowest BCUT2D eigenvalue weighted by Gasteiger charge is -2.33. The fourth-order valence-electron chi connectivity index (χ4n) is 3.14. The van der Waals surface area contributed by atoms with Crippen LogP contribution in [0.25, 0.3) is 0 Å². The average molecular weight is 429 g/mol. The fourth-order valence-corrected chi connectivity index (χ4v) is 3.52. The Morgan fingerprint density at radius 3 is 2.48 bits per heavy atom. The van der Waals surface area contributed by atoms with Gasteiger partial charge in [0.1, 0.15) is 11.8 Å². The number of nitrogens with zero attached hydrogens (tertiary/aromatic N) is 2. The summed E-state index contributed by atoms with van der Waals surface area (Å²) in [5.41, 5.74) is 0.951. The summed E-state index contributed by atoms with van der Waals surface area (Å²) >= 11 is 3.36. The number of ketones is 2. The SMILES string of the molecule is CC(=O)N(c1cccc(Br)c1)C1C(=O)c2ccccc2C(=O)C1=NCCO. The van der Waals surface area contributed by atoms with Crippen molar-refractivity contribution in [3.8, 4) is 0 Å². The second-order valence-electron chi connectivity index (χ2n) is 6.00. The predicted octanol–water partition coefficient (Wildman–Crippen LogP) is 2.68. The van der Waals surface area contributed by atoms with Crippen molar-refractivity contribution in [3.63, 3.8) is 0 Å². The molecule has 6 nitrogen and oxygen atoms in total. The van der Waals surface area contributed by atoms with Gasteiger partial charge in [-0.1, -0.05) is 46.3 Å². The quantitative estimate of drug-likeness (QED) is 0.810. The van der Waals surface area contributed by atoms with Crippen LogP contribution in [0.2, 0.25) is 0 Å². The first kappa shape index (κ1) is 19.1. The monoisotopic (exact) mass is 428 g/mol. The molecule has 0 saturated carbocycles. The van der Waals surface area contributed by atoms with Gasteiger partial charge in [-0.2, -0.15) is 0 Å². The van der Waals surface area contributed by atoms with E-state index in [0.717, 1.165) is 4.47 Å². The molecule has 0 saturated heterocycles. The molecule has 2 aromatic rings. The maximum Gasteiger partial charge on any atom is 0.224 e. The van der Waals surface area contributed by atoms with E-state index in [2.05, 4.69) is 20.9 Å². The lowest BCUT2D eigenvalue weighted by atomic mass is 9.83. The van der Waals surface area contributed by atoms with Crippen LogP contribution in [-0.4, -0.2) is 47.5 Å². The van der Waals surface area contributed by atoms with Crippen LogP contribution in [0.1, 0.15) is 27.6 Å². The first-order chi connectivity index (χ1) is 13.0. The number of rotatable bonds is 4. The second kappa shape index (κ2) is 7.94. The summed E-state index contributed by atoms with van der Waals surface area (Å²) in [6, 6.07) is 12.2. The van der Waals surface area contributed by atoms with Crippen molar-refractivity contribution in [2.75, 3.05) is 18.1 Å². The minimum atomic E-state index is -1.18. The van der Waals surface area contributed by atoms with E-state index < -0.39 is 17.7 Å². The van der Waals surface area contributed by atoms with E-state index in [4.69, 9.17) is 5.11 Å². The van der Waals surface area contributed by atoms with E-state index in [0.29, 0.717) is 5.69 Å². The van der Waals surface area contributed by atoms with Crippen LogP contribution in [0.3, 0.4) is 0 Å². The summed E-state index contributed by atoms with van der Waals surface area (Å²) in [7, 11) is 0. The average Bonchev–Trinajstić information content (AvgIpc) is 2.65. The number of Topliss-reactive ketones (excluding diaryl/α,β-unsaturated/α-hetero) is 2. The molecule has 2 aromatic carbocycles. The topological polar surface area (TPSA) is 87.0 Å². The molecular formula is C20H17BrN2O4. The lowest BCUT2D eigenvalue weighted by Crippen LogP contribution is -2.54. The highest BCUT2D eigenvalue weighted by Gasteiger charge is 2.43. The fraction of sp³-hybridized carbons (Fsp3) is 0.200. The number of aliphatic imine (C=N–C) groups is 1. The Bertz CT molecular complexity index is 955. The highest BCUT2D eigenvalue weighted by molar-refractivity contribution is 9.10. The van der Waals surface area contributed by atoms with E-state index in [1.165, 1.54) is 11.8 Å². The van der Waals surface area contributed by atoms with Crippen LogP contribution >= 0.6 is 15.9 Å². The molecule has 0 aliphatic heterocycles. The number of fused-ring (bicyclic) bond motifs is 1. The Kier molecular flexibility index (Phi) is 5.62. The molecule has 0 aromatic heterocycles. The van der Waals surface area contributed by atoms with Crippen LogP contribution in [0.5, 0.6) is 0 Å². The molecule has 0 radical (unpaired) electrons. The number of hydrogen-bond donors (Lipinski definition) is 1. The number of carbonyl (C=O) groups excluding carboxylic acids is 3. The Morgan fingerprint density at radius 2 is 1.85 bits per heavy atom. The van der Waals surface area contributed by atoms with E-state index in [9.17, 15) is 14.4 Å². The van der Waals surface area contributed by atoms with E-state index >= 15 is 0 Å². The largest absolute Gasteiger partial charge is 0.394 e. The van der Waals surface area contributed by atoms with Crippen molar-refractivity contribution in [1.29, 1.82) is 0 Å². The van der Waals surface area contributed by atoms with Crippen molar-refractivity contribution in [3.05, 3.63) is 64.1 Å². The predicted molar refractivity (Wildman–Crippen MR) is 106 cm³/mol. The van der Waals surface area contributed by atoms with Crippen LogP contribution < -0.4 is 4.90 Å². The Morgan fingerprint density at radius 1 is 1.15 bits per heavy atom. The van der Waals surface area contributed by atoms with Crippen molar-refractivity contribution < 1.29 is 19.5 Å². The van der Waals surface area contributed by atoms with Gasteiger partial charge >= 0.3 is 0 Å². The molecular weight excluding hydrogens is 412 g/mol. The molecule has 27 heavy (non-hydrogen) atoms. The highest BCUT2D eigenvalue weighted by Crippen LogP contribution is 2.29. The molecule has 7 heteroatoms. The van der Waals surface area contributed by atoms with Gasteiger partial charge in [-0.05, 0) is 18.2 Å². The number of carbonyl (C=O) groups is 3. The summed E-state index contributed by atoms with van der Waals surface area (Å²) in [5, 5.41) is 9.14. The van der Waals surface area contributed by atoms with Crippen molar-refractivity contribution >= 4 is 44.8 Å². The molecule has 1 amide bonds. The number of aliphatic hydroxyl groups excluding tert-OH is 1. The maximum absolute atomic E-state index is 13.2. The van der Waals surface area contributed by atoms with Gasteiger partial charge in [0, 0.05) is 28.2 Å². The van der Waals surface area contributed by atoms with Gasteiger partial charge in [-0.25, -0.2) is 0 Å². The van der Waals surface area contributed by atoms with Crippen LogP contribution in [0, 0.1) is 0 Å².